The molecule has 7 heteroatoms. The normalized spacial score (nSPS) is 15.2. The summed E-state index contributed by atoms with van der Waals surface area (Å²) in [6.45, 7) is 0.193. The molecule has 1 aliphatic carbocycles. The maximum absolute atomic E-state index is 13.6. The molecule has 0 aliphatic heterocycles. The summed E-state index contributed by atoms with van der Waals surface area (Å²) < 4.78 is 10.8. The second kappa shape index (κ2) is 10.5. The van der Waals surface area contributed by atoms with E-state index in [9.17, 15) is 9.59 Å². The van der Waals surface area contributed by atoms with Gasteiger partial charge in [0.15, 0.2) is 0 Å². The quantitative estimate of drug-likeness (QED) is 0.511. The highest BCUT2D eigenvalue weighted by Crippen LogP contribution is 2.29. The Bertz CT molecular complexity index is 993. The zero-order valence-corrected chi connectivity index (χ0v) is 19.0. The molecule has 1 fully saturated rings. The highest BCUT2D eigenvalue weighted by molar-refractivity contribution is 7.12. The standard InChI is InChI=1S/C25H28N2O4S/c1-30-20-13-11-18(12-14-20)23(24(28)26-19-7-3-2-4-8-19)27(17-21-9-5-15-31-21)25(29)22-10-6-16-32-22/h5-6,9-16,19,23H,2-4,7-8,17H2,1H3,(H,26,28)/t23-/m0/s1. The molecule has 1 saturated carbocycles. The number of ether oxygens (including phenoxy) is 1. The monoisotopic (exact) mass is 452 g/mol. The fourth-order valence-corrected chi connectivity index (χ4v) is 4.86. The van der Waals surface area contributed by atoms with Gasteiger partial charge in [0.1, 0.15) is 17.6 Å². The van der Waals surface area contributed by atoms with Crippen molar-refractivity contribution < 1.29 is 18.7 Å². The van der Waals surface area contributed by atoms with E-state index in [0.29, 0.717) is 16.4 Å². The molecule has 0 saturated heterocycles. The van der Waals surface area contributed by atoms with Gasteiger partial charge in [-0.1, -0.05) is 37.5 Å². The van der Waals surface area contributed by atoms with E-state index in [0.717, 1.165) is 31.2 Å². The van der Waals surface area contributed by atoms with Crippen LogP contribution >= 0.6 is 11.3 Å². The van der Waals surface area contributed by atoms with Crippen molar-refractivity contribution in [2.45, 2.75) is 50.7 Å². The second-order valence-electron chi connectivity index (χ2n) is 8.01. The highest BCUT2D eigenvalue weighted by atomic mass is 32.1. The number of thiophene rings is 1. The number of nitrogens with one attached hydrogen (secondary N) is 1. The van der Waals surface area contributed by atoms with Crippen molar-refractivity contribution in [3.63, 3.8) is 0 Å². The lowest BCUT2D eigenvalue weighted by Gasteiger charge is -2.32. The number of furan rings is 1. The van der Waals surface area contributed by atoms with E-state index in [2.05, 4.69) is 5.32 Å². The van der Waals surface area contributed by atoms with Crippen LogP contribution in [0, 0.1) is 0 Å². The lowest BCUT2D eigenvalue weighted by Crippen LogP contribution is -2.46. The Morgan fingerprint density at radius 2 is 1.91 bits per heavy atom. The van der Waals surface area contributed by atoms with Crippen molar-refractivity contribution in [3.05, 3.63) is 76.4 Å². The Balaban J connectivity index is 1.70. The van der Waals surface area contributed by atoms with Gasteiger partial charge in [-0.3, -0.25) is 9.59 Å². The van der Waals surface area contributed by atoms with Gasteiger partial charge < -0.3 is 19.4 Å². The maximum Gasteiger partial charge on any atom is 0.265 e. The van der Waals surface area contributed by atoms with Gasteiger partial charge in [0, 0.05) is 6.04 Å². The average molecular weight is 453 g/mol. The molecular weight excluding hydrogens is 424 g/mol. The summed E-state index contributed by atoms with van der Waals surface area (Å²) in [6, 6.07) is 13.9. The Morgan fingerprint density at radius 3 is 2.53 bits per heavy atom. The molecule has 6 nitrogen and oxygen atoms in total. The predicted octanol–water partition coefficient (Wildman–Crippen LogP) is 5.18. The number of carbonyl (C=O) groups excluding carboxylic acids is 2. The van der Waals surface area contributed by atoms with Crippen LogP contribution in [0.1, 0.15) is 59.1 Å². The van der Waals surface area contributed by atoms with Crippen LogP contribution in [0.2, 0.25) is 0 Å². The number of hydrogen-bond donors (Lipinski definition) is 1. The summed E-state index contributed by atoms with van der Waals surface area (Å²) in [5.74, 6) is 0.954. The van der Waals surface area contributed by atoms with Crippen LogP contribution in [0.3, 0.4) is 0 Å². The minimum Gasteiger partial charge on any atom is -0.497 e. The molecule has 1 atom stereocenters. The van der Waals surface area contributed by atoms with Crippen molar-refractivity contribution in [1.82, 2.24) is 10.2 Å². The van der Waals surface area contributed by atoms with Gasteiger partial charge >= 0.3 is 0 Å². The van der Waals surface area contributed by atoms with Crippen molar-refractivity contribution in [2.75, 3.05) is 7.11 Å². The summed E-state index contributed by atoms with van der Waals surface area (Å²) in [4.78, 5) is 29.4. The zero-order valence-electron chi connectivity index (χ0n) is 18.2. The molecule has 32 heavy (non-hydrogen) atoms. The first-order chi connectivity index (χ1) is 15.7. The third-order valence-corrected chi connectivity index (χ3v) is 6.70. The summed E-state index contributed by atoms with van der Waals surface area (Å²) in [7, 11) is 1.60. The Kier molecular flexibility index (Phi) is 7.27. The van der Waals surface area contributed by atoms with Crippen LogP contribution in [0.25, 0.3) is 0 Å². The number of rotatable bonds is 8. The number of hydrogen-bond acceptors (Lipinski definition) is 5. The minimum absolute atomic E-state index is 0.138. The molecule has 2 aromatic heterocycles. The molecule has 0 unspecified atom stereocenters. The highest BCUT2D eigenvalue weighted by Gasteiger charge is 2.34. The Morgan fingerprint density at radius 1 is 1.12 bits per heavy atom. The molecule has 0 radical (unpaired) electrons. The largest absolute Gasteiger partial charge is 0.497 e. The summed E-state index contributed by atoms with van der Waals surface area (Å²) in [5.41, 5.74) is 0.732. The number of methoxy groups -OCH3 is 1. The SMILES string of the molecule is COc1ccc([C@@H](C(=O)NC2CCCCC2)N(Cc2ccco2)C(=O)c2cccs2)cc1. The molecule has 4 rings (SSSR count). The smallest absolute Gasteiger partial charge is 0.265 e. The molecule has 1 aromatic carbocycles. The molecule has 1 aliphatic rings. The lowest BCUT2D eigenvalue weighted by molar-refractivity contribution is -0.127. The molecule has 0 spiro atoms. The molecule has 3 aromatic rings. The summed E-state index contributed by atoms with van der Waals surface area (Å²) in [6.07, 6.45) is 6.95. The average Bonchev–Trinajstić information content (AvgIpc) is 3.54. The predicted molar refractivity (Wildman–Crippen MR) is 124 cm³/mol. The number of nitrogens with zero attached hydrogens (tertiary/aromatic N) is 1. The minimum atomic E-state index is -0.789. The topological polar surface area (TPSA) is 71.8 Å². The zero-order chi connectivity index (χ0) is 22.3. The van der Waals surface area contributed by atoms with Gasteiger partial charge in [0.2, 0.25) is 5.91 Å². The van der Waals surface area contributed by atoms with E-state index in [-0.39, 0.29) is 24.4 Å². The Labute approximate surface area is 192 Å². The van der Waals surface area contributed by atoms with E-state index in [1.165, 1.54) is 17.8 Å². The van der Waals surface area contributed by atoms with E-state index in [4.69, 9.17) is 9.15 Å². The maximum atomic E-state index is 13.6. The molecular formula is C25H28N2O4S. The van der Waals surface area contributed by atoms with Crippen LogP contribution < -0.4 is 10.1 Å². The van der Waals surface area contributed by atoms with E-state index in [1.807, 2.05) is 41.8 Å². The third kappa shape index (κ3) is 5.22. The molecule has 2 amide bonds. The van der Waals surface area contributed by atoms with Gasteiger partial charge in [-0.05, 0) is 54.1 Å². The lowest BCUT2D eigenvalue weighted by atomic mass is 9.94. The van der Waals surface area contributed by atoms with E-state index >= 15 is 0 Å². The first kappa shape index (κ1) is 22.1. The first-order valence-corrected chi connectivity index (χ1v) is 11.8. The Hall–Kier alpha value is -3.06. The van der Waals surface area contributed by atoms with Gasteiger partial charge in [-0.2, -0.15) is 0 Å². The fourth-order valence-electron chi connectivity index (χ4n) is 4.18. The van der Waals surface area contributed by atoms with Crippen molar-refractivity contribution in [2.24, 2.45) is 0 Å². The molecule has 0 bridgehead atoms. The van der Waals surface area contributed by atoms with Crippen LogP contribution in [-0.4, -0.2) is 29.9 Å². The second-order valence-corrected chi connectivity index (χ2v) is 8.96. The van der Waals surface area contributed by atoms with Crippen LogP contribution in [0.4, 0.5) is 0 Å². The van der Waals surface area contributed by atoms with Gasteiger partial charge in [0.05, 0.1) is 24.8 Å². The number of carbonyl (C=O) groups is 2. The number of amides is 2. The van der Waals surface area contributed by atoms with Gasteiger partial charge in [-0.15, -0.1) is 11.3 Å². The van der Waals surface area contributed by atoms with Crippen molar-refractivity contribution in [1.29, 1.82) is 0 Å². The fraction of sp³-hybridized carbons (Fsp3) is 0.360. The molecule has 1 N–H and O–H groups in total. The van der Waals surface area contributed by atoms with Gasteiger partial charge in [0.25, 0.3) is 5.91 Å². The van der Waals surface area contributed by atoms with Crippen LogP contribution in [-0.2, 0) is 11.3 Å². The van der Waals surface area contributed by atoms with E-state index in [1.54, 1.807) is 30.4 Å². The van der Waals surface area contributed by atoms with Crippen molar-refractivity contribution >= 4 is 23.2 Å². The molecule has 168 valence electrons. The van der Waals surface area contributed by atoms with Gasteiger partial charge in [-0.25, -0.2) is 0 Å². The van der Waals surface area contributed by atoms with E-state index < -0.39 is 6.04 Å². The number of benzene rings is 1. The summed E-state index contributed by atoms with van der Waals surface area (Å²) >= 11 is 1.36. The first-order valence-electron chi connectivity index (χ1n) is 11.0. The van der Waals surface area contributed by atoms with Crippen LogP contribution in [0.5, 0.6) is 5.75 Å². The summed E-state index contributed by atoms with van der Waals surface area (Å²) in [5, 5.41) is 5.08. The third-order valence-electron chi connectivity index (χ3n) is 5.84. The van der Waals surface area contributed by atoms with Crippen LogP contribution in [0.15, 0.2) is 64.6 Å². The van der Waals surface area contributed by atoms with Crippen molar-refractivity contribution in [3.8, 4) is 5.75 Å². The molecule has 2 heterocycles.